The van der Waals surface area contributed by atoms with Gasteiger partial charge in [0.1, 0.15) is 0 Å². The van der Waals surface area contributed by atoms with Gasteiger partial charge in [0.25, 0.3) is 5.56 Å². The molecule has 0 saturated heterocycles. The molecule has 2 heterocycles. The Balaban J connectivity index is 1.48. The monoisotopic (exact) mass is 491 g/mol. The number of hydrazone groups is 1. The molecule has 2 amide bonds. The van der Waals surface area contributed by atoms with Crippen molar-refractivity contribution in [3.05, 3.63) is 93.3 Å². The summed E-state index contributed by atoms with van der Waals surface area (Å²) in [6.07, 6.45) is 1.40. The number of benzene rings is 3. The summed E-state index contributed by atoms with van der Waals surface area (Å²) in [4.78, 5) is 24.6. The number of hydrogen-bond acceptors (Lipinski definition) is 5. The average Bonchev–Trinajstić information content (AvgIpc) is 2.82. The number of rotatable bonds is 4. The maximum atomic E-state index is 12.5. The van der Waals surface area contributed by atoms with Crippen LogP contribution >= 0.6 is 23.2 Å². The van der Waals surface area contributed by atoms with Crippen LogP contribution in [0.2, 0.25) is 10.0 Å². The Morgan fingerprint density at radius 3 is 2.41 bits per heavy atom. The minimum absolute atomic E-state index is 0.0874. The van der Waals surface area contributed by atoms with Crippen LogP contribution in [-0.2, 0) is 0 Å². The summed E-state index contributed by atoms with van der Waals surface area (Å²) in [5.41, 5.74) is 1.40. The maximum Gasteiger partial charge on any atom is 0.347 e. The molecule has 1 aliphatic heterocycles. The first-order valence-corrected chi connectivity index (χ1v) is 10.7. The third kappa shape index (κ3) is 4.12. The van der Waals surface area contributed by atoms with E-state index in [-0.39, 0.29) is 27.2 Å². The summed E-state index contributed by atoms with van der Waals surface area (Å²) in [5, 5.41) is 16.3. The highest BCUT2D eigenvalue weighted by atomic mass is 35.5. The number of urea groups is 1. The topological polar surface area (TPSA) is 99.7 Å². The molecule has 3 aromatic carbocycles. The van der Waals surface area contributed by atoms with Crippen LogP contribution in [0, 0.1) is 0 Å². The molecule has 0 saturated carbocycles. The number of hydrogen-bond donors (Lipinski definition) is 2. The van der Waals surface area contributed by atoms with E-state index >= 15 is 0 Å². The second-order valence-electron chi connectivity index (χ2n) is 7.36. The lowest BCUT2D eigenvalue weighted by atomic mass is 10.0. The number of allylic oxidation sites excluding steroid dienone is 1. The van der Waals surface area contributed by atoms with Crippen molar-refractivity contribution in [3.8, 4) is 22.8 Å². The number of nitrogens with one attached hydrogen (secondary N) is 2. The van der Waals surface area contributed by atoms with Gasteiger partial charge in [-0.3, -0.25) is 4.79 Å². The highest BCUT2D eigenvalue weighted by molar-refractivity contribution is 6.37. The number of fused-ring (bicyclic) bond motifs is 1. The maximum absolute atomic E-state index is 12.5. The van der Waals surface area contributed by atoms with Crippen molar-refractivity contribution in [1.82, 2.24) is 15.5 Å². The molecule has 34 heavy (non-hydrogen) atoms. The summed E-state index contributed by atoms with van der Waals surface area (Å²) in [6, 6.07) is 17.5. The fourth-order valence-corrected chi connectivity index (χ4v) is 4.02. The lowest BCUT2D eigenvalue weighted by molar-refractivity contribution is 0.248. The van der Waals surface area contributed by atoms with Crippen LogP contribution in [0.25, 0.3) is 21.9 Å². The van der Waals surface area contributed by atoms with E-state index in [1.54, 1.807) is 0 Å². The van der Waals surface area contributed by atoms with E-state index in [0.717, 1.165) is 15.8 Å². The summed E-state index contributed by atoms with van der Waals surface area (Å²) in [7, 11) is 0. The first-order valence-electron chi connectivity index (χ1n) is 9.99. The average molecular weight is 492 g/mol. The number of halogens is 2. The molecule has 0 aliphatic carbocycles. The number of carbonyl (C=O) groups is 1. The Morgan fingerprint density at radius 2 is 1.68 bits per heavy atom. The largest absolute Gasteiger partial charge is 0.434 e. The van der Waals surface area contributed by atoms with Gasteiger partial charge in [-0.25, -0.2) is 9.89 Å². The van der Waals surface area contributed by atoms with Crippen molar-refractivity contribution >= 4 is 51.9 Å². The van der Waals surface area contributed by atoms with E-state index in [1.165, 1.54) is 24.4 Å². The van der Waals surface area contributed by atoms with Gasteiger partial charge < -0.3 is 10.1 Å². The van der Waals surface area contributed by atoms with Gasteiger partial charge in [0.15, 0.2) is 5.75 Å². The molecule has 0 unspecified atom stereocenters. The van der Waals surface area contributed by atoms with Gasteiger partial charge in [0.05, 0.1) is 33.2 Å². The van der Waals surface area contributed by atoms with Gasteiger partial charge in [-0.2, -0.15) is 10.1 Å². The number of amides is 2. The number of nitrogens with zero attached hydrogens (tertiary/aromatic N) is 3. The van der Waals surface area contributed by atoms with Gasteiger partial charge >= 0.3 is 6.03 Å². The SMILES string of the molecule is C=C1C=NN(c2cc(Cl)c(Oc3cc(-c4ccc5ccccc5c4)c(=O)[nH]n3)c(Cl)c2)C(=O)N1. The Hall–Kier alpha value is -4.14. The van der Waals surface area contributed by atoms with Crippen LogP contribution in [0.1, 0.15) is 0 Å². The van der Waals surface area contributed by atoms with E-state index in [2.05, 4.69) is 27.2 Å². The van der Waals surface area contributed by atoms with Crippen LogP contribution < -0.4 is 20.6 Å². The summed E-state index contributed by atoms with van der Waals surface area (Å²) >= 11 is 12.8. The van der Waals surface area contributed by atoms with E-state index in [1.807, 2.05) is 42.5 Å². The molecule has 1 aliphatic rings. The number of anilines is 1. The lowest BCUT2D eigenvalue weighted by Crippen LogP contribution is -2.40. The molecule has 1 aromatic heterocycles. The molecule has 2 N–H and O–H groups in total. The van der Waals surface area contributed by atoms with Crippen molar-refractivity contribution in [2.24, 2.45) is 5.10 Å². The molecule has 168 valence electrons. The minimum atomic E-state index is -0.504. The number of ether oxygens (including phenoxy) is 1. The smallest absolute Gasteiger partial charge is 0.347 e. The molecule has 4 aromatic rings. The molecule has 0 bridgehead atoms. The fraction of sp³-hybridized carbons (Fsp3) is 0. The Morgan fingerprint density at radius 1 is 0.941 bits per heavy atom. The molecule has 10 heteroatoms. The molecule has 8 nitrogen and oxygen atoms in total. The molecular weight excluding hydrogens is 477 g/mol. The number of aromatic amines is 1. The van der Waals surface area contributed by atoms with Gasteiger partial charge in [-0.05, 0) is 34.5 Å². The van der Waals surface area contributed by atoms with Crippen molar-refractivity contribution in [2.75, 3.05) is 5.01 Å². The lowest BCUT2D eigenvalue weighted by Gasteiger charge is -2.22. The third-order valence-corrected chi connectivity index (χ3v) is 5.63. The van der Waals surface area contributed by atoms with Crippen molar-refractivity contribution in [2.45, 2.75) is 0 Å². The number of aromatic nitrogens is 2. The highest BCUT2D eigenvalue weighted by Gasteiger charge is 2.22. The van der Waals surface area contributed by atoms with Gasteiger partial charge in [0, 0.05) is 6.07 Å². The Kier molecular flexibility index (Phi) is 5.53. The van der Waals surface area contributed by atoms with Crippen LogP contribution in [-0.4, -0.2) is 22.4 Å². The van der Waals surface area contributed by atoms with Crippen molar-refractivity contribution < 1.29 is 9.53 Å². The molecule has 0 radical (unpaired) electrons. The molecule has 0 fully saturated rings. The molecular formula is C24H15Cl2N5O3. The standard InChI is InChI=1S/C24H15Cl2N5O3/c1-13-12-27-31(24(33)28-13)17-9-19(25)22(20(26)10-17)34-21-11-18(23(32)30-29-21)16-7-6-14-4-2-3-5-15(14)8-16/h2-12H,1H2,(H,28,33)(H,30,32). The van der Waals surface area contributed by atoms with Crippen LogP contribution in [0.15, 0.2) is 82.8 Å². The number of H-pyrrole nitrogens is 1. The third-order valence-electron chi connectivity index (χ3n) is 5.06. The predicted octanol–water partition coefficient (Wildman–Crippen LogP) is 5.72. The zero-order valence-corrected chi connectivity index (χ0v) is 18.9. The summed E-state index contributed by atoms with van der Waals surface area (Å²) in [5.74, 6) is 0.200. The van der Waals surface area contributed by atoms with E-state index in [9.17, 15) is 9.59 Å². The van der Waals surface area contributed by atoms with Gasteiger partial charge in [0.2, 0.25) is 5.88 Å². The van der Waals surface area contributed by atoms with E-state index < -0.39 is 6.03 Å². The van der Waals surface area contributed by atoms with Crippen molar-refractivity contribution in [3.63, 3.8) is 0 Å². The van der Waals surface area contributed by atoms with Crippen LogP contribution in [0.5, 0.6) is 11.6 Å². The molecule has 0 atom stereocenters. The fourth-order valence-electron chi connectivity index (χ4n) is 3.47. The van der Waals surface area contributed by atoms with Gasteiger partial charge in [-0.15, -0.1) is 5.10 Å². The normalized spacial score (nSPS) is 13.3. The zero-order valence-electron chi connectivity index (χ0n) is 17.4. The first kappa shape index (κ1) is 21.7. The quantitative estimate of drug-likeness (QED) is 0.381. The Bertz CT molecular complexity index is 1540. The van der Waals surface area contributed by atoms with E-state index in [4.69, 9.17) is 27.9 Å². The first-order chi connectivity index (χ1) is 16.4. The molecule has 5 rings (SSSR count). The van der Waals surface area contributed by atoms with Crippen molar-refractivity contribution in [1.29, 1.82) is 0 Å². The van der Waals surface area contributed by atoms with E-state index in [0.29, 0.717) is 22.5 Å². The second-order valence-corrected chi connectivity index (χ2v) is 8.18. The zero-order chi connectivity index (χ0) is 23.8. The molecule has 0 spiro atoms. The Labute approximate surface area is 203 Å². The summed E-state index contributed by atoms with van der Waals surface area (Å²) in [6.45, 7) is 3.63. The predicted molar refractivity (Wildman–Crippen MR) is 133 cm³/mol. The minimum Gasteiger partial charge on any atom is -0.434 e. The van der Waals surface area contributed by atoms with Crippen LogP contribution in [0.4, 0.5) is 10.5 Å². The van der Waals surface area contributed by atoms with Crippen LogP contribution in [0.3, 0.4) is 0 Å². The highest BCUT2D eigenvalue weighted by Crippen LogP contribution is 2.40. The number of carbonyl (C=O) groups excluding carboxylic acids is 1. The van der Waals surface area contributed by atoms with Gasteiger partial charge in [-0.1, -0.05) is 66.2 Å². The summed E-state index contributed by atoms with van der Waals surface area (Å²) < 4.78 is 5.81. The second kappa shape index (κ2) is 8.66.